The highest BCUT2D eigenvalue weighted by Crippen LogP contribution is 2.32. The van der Waals surface area contributed by atoms with Gasteiger partial charge in [-0.25, -0.2) is 9.37 Å². The molecule has 0 amide bonds. The highest BCUT2D eigenvalue weighted by atomic mass is 79.9. The molecule has 0 aliphatic carbocycles. The van der Waals surface area contributed by atoms with Crippen molar-refractivity contribution in [3.63, 3.8) is 0 Å². The number of benzene rings is 1. The third-order valence-corrected chi connectivity index (χ3v) is 4.19. The summed E-state index contributed by atoms with van der Waals surface area (Å²) in [5.41, 5.74) is 1.18. The van der Waals surface area contributed by atoms with Gasteiger partial charge in [0, 0.05) is 15.4 Å². The van der Waals surface area contributed by atoms with Gasteiger partial charge in [0.25, 0.3) is 0 Å². The van der Waals surface area contributed by atoms with Crippen molar-refractivity contribution in [1.29, 1.82) is 5.26 Å². The Bertz CT molecular complexity index is 631. The predicted molar refractivity (Wildman–Crippen MR) is 78.4 cm³/mol. The minimum atomic E-state index is -0.304. The third kappa shape index (κ3) is 3.02. The van der Waals surface area contributed by atoms with Gasteiger partial charge in [0.15, 0.2) is 0 Å². The number of rotatable bonds is 3. The van der Waals surface area contributed by atoms with Crippen molar-refractivity contribution in [3.05, 3.63) is 39.6 Å². The monoisotopic (exact) mass is 338 g/mol. The van der Waals surface area contributed by atoms with Crippen LogP contribution in [0.1, 0.15) is 25.5 Å². The van der Waals surface area contributed by atoms with Crippen LogP contribution in [0.4, 0.5) is 4.39 Å². The molecule has 1 heterocycles. The van der Waals surface area contributed by atoms with Crippen LogP contribution in [0.5, 0.6) is 0 Å². The molecule has 1 aromatic heterocycles. The molecule has 0 aliphatic rings. The first-order chi connectivity index (χ1) is 9.02. The van der Waals surface area contributed by atoms with Crippen LogP contribution in [0.25, 0.3) is 10.6 Å². The summed E-state index contributed by atoms with van der Waals surface area (Å²) in [7, 11) is 0. The summed E-state index contributed by atoms with van der Waals surface area (Å²) in [5, 5.41) is 11.6. The molecule has 2 nitrogen and oxygen atoms in total. The number of thiazole rings is 1. The molecule has 0 spiro atoms. The smallest absolute Gasteiger partial charge is 0.133 e. The lowest BCUT2D eigenvalue weighted by Crippen LogP contribution is -2.04. The van der Waals surface area contributed by atoms with E-state index in [0.29, 0.717) is 10.6 Å². The van der Waals surface area contributed by atoms with Gasteiger partial charge in [-0.3, -0.25) is 0 Å². The normalized spacial score (nSPS) is 12.4. The molecule has 98 valence electrons. The standard InChI is InChI=1S/C14H12BrFN2S/c1-8(2)11(6-17)13-7-19-14(18-13)10-5-9(15)3-4-12(10)16/h3-5,7-8,11H,1-2H3. The average molecular weight is 339 g/mol. The lowest BCUT2D eigenvalue weighted by Gasteiger charge is -2.09. The summed E-state index contributed by atoms with van der Waals surface area (Å²) in [5.74, 6) is -0.366. The molecule has 19 heavy (non-hydrogen) atoms. The summed E-state index contributed by atoms with van der Waals surface area (Å²) in [6.07, 6.45) is 0. The molecule has 0 aliphatic heterocycles. The Morgan fingerprint density at radius 2 is 2.16 bits per heavy atom. The Kier molecular flexibility index (Phi) is 4.33. The van der Waals surface area contributed by atoms with Gasteiger partial charge in [-0.15, -0.1) is 11.3 Å². The van der Waals surface area contributed by atoms with Crippen molar-refractivity contribution in [3.8, 4) is 16.6 Å². The third-order valence-electron chi connectivity index (χ3n) is 2.81. The first-order valence-electron chi connectivity index (χ1n) is 5.83. The van der Waals surface area contributed by atoms with Gasteiger partial charge in [-0.05, 0) is 24.1 Å². The second-order valence-electron chi connectivity index (χ2n) is 4.55. The Labute approximate surface area is 124 Å². The van der Waals surface area contributed by atoms with E-state index >= 15 is 0 Å². The zero-order chi connectivity index (χ0) is 14.0. The van der Waals surface area contributed by atoms with Gasteiger partial charge in [0.1, 0.15) is 10.8 Å². The van der Waals surface area contributed by atoms with Gasteiger partial charge >= 0.3 is 0 Å². The average Bonchev–Trinajstić information content (AvgIpc) is 2.82. The fourth-order valence-electron chi connectivity index (χ4n) is 1.77. The predicted octanol–water partition coefficient (Wildman–Crippen LogP) is 4.97. The van der Waals surface area contributed by atoms with E-state index in [1.54, 1.807) is 12.1 Å². The number of aromatic nitrogens is 1. The van der Waals surface area contributed by atoms with Crippen LogP contribution in [0, 0.1) is 23.1 Å². The van der Waals surface area contributed by atoms with Crippen LogP contribution in [0.15, 0.2) is 28.1 Å². The Hall–Kier alpha value is -1.25. The minimum Gasteiger partial charge on any atom is -0.240 e. The lowest BCUT2D eigenvalue weighted by molar-refractivity contribution is 0.578. The molecule has 1 aromatic carbocycles. The molecule has 5 heteroatoms. The van der Waals surface area contributed by atoms with Gasteiger partial charge in [-0.2, -0.15) is 5.26 Å². The largest absolute Gasteiger partial charge is 0.240 e. The molecule has 0 saturated heterocycles. The Morgan fingerprint density at radius 1 is 1.42 bits per heavy atom. The van der Waals surface area contributed by atoms with Crippen molar-refractivity contribution in [1.82, 2.24) is 4.98 Å². The molecule has 1 atom stereocenters. The van der Waals surface area contributed by atoms with E-state index in [4.69, 9.17) is 5.26 Å². The maximum atomic E-state index is 13.8. The van der Waals surface area contributed by atoms with Crippen LogP contribution in [0.2, 0.25) is 0 Å². The molecule has 0 bridgehead atoms. The molecular weight excluding hydrogens is 327 g/mol. The first kappa shape index (κ1) is 14.2. The second kappa shape index (κ2) is 5.81. The summed E-state index contributed by atoms with van der Waals surface area (Å²) in [6.45, 7) is 3.96. The second-order valence-corrected chi connectivity index (χ2v) is 6.33. The maximum Gasteiger partial charge on any atom is 0.133 e. The van der Waals surface area contributed by atoms with Crippen LogP contribution in [0.3, 0.4) is 0 Å². The van der Waals surface area contributed by atoms with Crippen molar-refractivity contribution < 1.29 is 4.39 Å². The van der Waals surface area contributed by atoms with Crippen LogP contribution in [-0.2, 0) is 0 Å². The van der Waals surface area contributed by atoms with Gasteiger partial charge in [0.2, 0.25) is 0 Å². The quantitative estimate of drug-likeness (QED) is 0.791. The van der Waals surface area contributed by atoms with Crippen molar-refractivity contribution in [2.24, 2.45) is 5.92 Å². The fourth-order valence-corrected chi connectivity index (χ4v) is 3.01. The number of halogens is 2. The van der Waals surface area contributed by atoms with Gasteiger partial charge in [-0.1, -0.05) is 29.8 Å². The molecular formula is C14H12BrFN2S. The molecule has 2 aromatic rings. The zero-order valence-corrected chi connectivity index (χ0v) is 12.9. The topological polar surface area (TPSA) is 36.7 Å². The van der Waals surface area contributed by atoms with E-state index in [-0.39, 0.29) is 17.7 Å². The Balaban J connectivity index is 2.41. The highest BCUT2D eigenvalue weighted by molar-refractivity contribution is 9.10. The van der Waals surface area contributed by atoms with Crippen LogP contribution < -0.4 is 0 Å². The summed E-state index contributed by atoms with van der Waals surface area (Å²) in [4.78, 5) is 4.41. The lowest BCUT2D eigenvalue weighted by atomic mass is 9.95. The van der Waals surface area contributed by atoms with Gasteiger partial charge in [0.05, 0.1) is 17.7 Å². The van der Waals surface area contributed by atoms with Crippen LogP contribution in [-0.4, -0.2) is 4.98 Å². The number of nitrogens with zero attached hydrogens (tertiary/aromatic N) is 2. The molecule has 0 radical (unpaired) electrons. The van der Waals surface area contributed by atoms with Crippen LogP contribution >= 0.6 is 27.3 Å². The zero-order valence-electron chi connectivity index (χ0n) is 10.5. The molecule has 0 fully saturated rings. The molecule has 0 N–H and O–H groups in total. The molecule has 1 unspecified atom stereocenters. The van der Waals surface area contributed by atoms with E-state index < -0.39 is 0 Å². The maximum absolute atomic E-state index is 13.8. The summed E-state index contributed by atoms with van der Waals surface area (Å²) in [6, 6.07) is 7.01. The Morgan fingerprint density at radius 3 is 2.79 bits per heavy atom. The number of nitriles is 1. The molecule has 2 rings (SSSR count). The van der Waals surface area contributed by atoms with E-state index in [2.05, 4.69) is 27.0 Å². The van der Waals surface area contributed by atoms with E-state index in [1.807, 2.05) is 19.2 Å². The number of hydrogen-bond acceptors (Lipinski definition) is 3. The number of hydrogen-bond donors (Lipinski definition) is 0. The minimum absolute atomic E-state index is 0.187. The van der Waals surface area contributed by atoms with E-state index in [9.17, 15) is 4.39 Å². The fraction of sp³-hybridized carbons (Fsp3) is 0.286. The van der Waals surface area contributed by atoms with E-state index in [0.717, 1.165) is 10.2 Å². The highest BCUT2D eigenvalue weighted by Gasteiger charge is 2.19. The SMILES string of the molecule is CC(C)C(C#N)c1csc(-c2cc(Br)ccc2F)n1. The van der Waals surface area contributed by atoms with Crippen molar-refractivity contribution in [2.75, 3.05) is 0 Å². The molecule has 0 saturated carbocycles. The van der Waals surface area contributed by atoms with Crippen molar-refractivity contribution >= 4 is 27.3 Å². The summed E-state index contributed by atoms with van der Waals surface area (Å²) < 4.78 is 14.6. The summed E-state index contributed by atoms with van der Waals surface area (Å²) >= 11 is 4.69. The van der Waals surface area contributed by atoms with Gasteiger partial charge < -0.3 is 0 Å². The van der Waals surface area contributed by atoms with Crippen molar-refractivity contribution in [2.45, 2.75) is 19.8 Å². The first-order valence-corrected chi connectivity index (χ1v) is 7.50. The van der Waals surface area contributed by atoms with E-state index in [1.165, 1.54) is 17.4 Å².